The highest BCUT2D eigenvalue weighted by atomic mass is 127. The number of esters is 1. The predicted octanol–water partition coefficient (Wildman–Crippen LogP) is 14.7. The number of ether oxygens (including phenoxy) is 1. The fraction of sp³-hybridized carbons (Fsp3) is 0.540. The number of piperidine rings is 3. The number of nitrogens with zero attached hydrogens (tertiary/aromatic N) is 7. The molecule has 0 aromatic heterocycles. The Labute approximate surface area is 895 Å². The molecule has 11 heterocycles. The molecule has 23 nitrogen and oxygen atoms in total. The van der Waals surface area contributed by atoms with Gasteiger partial charge in [0.05, 0.1) is 83.4 Å². The number of aliphatic carboxylic acids is 3. The molecule has 0 radical (unpaired) electrons. The van der Waals surface area contributed by atoms with Crippen molar-refractivity contribution >= 4 is 121 Å². The molecule has 0 saturated carbocycles. The number of methoxy groups -OCH3 is 1. The number of nitrogens with one attached hydrogen (secondary N) is 2. The van der Waals surface area contributed by atoms with Gasteiger partial charge in [-0.1, -0.05) is 287 Å². The van der Waals surface area contributed by atoms with E-state index < -0.39 is 30.2 Å². The van der Waals surface area contributed by atoms with E-state index in [-0.39, 0.29) is 48.4 Å². The molecule has 10 N–H and O–H groups in total. The van der Waals surface area contributed by atoms with Crippen molar-refractivity contribution in [1.82, 2.24) is 24.5 Å². The molecule has 141 heavy (non-hydrogen) atoms. The lowest BCUT2D eigenvalue weighted by Gasteiger charge is -2.42. The normalized spacial score (nSPS) is 24.5. The minimum Gasteiger partial charge on any atom is -1.00 e. The van der Waals surface area contributed by atoms with Crippen molar-refractivity contribution in [3.05, 3.63) is 263 Å². The van der Waals surface area contributed by atoms with Gasteiger partial charge in [0.25, 0.3) is 0 Å². The summed E-state index contributed by atoms with van der Waals surface area (Å²) in [4.78, 5) is 97.1. The summed E-state index contributed by atoms with van der Waals surface area (Å²) in [5.41, 5.74) is 20.2. The van der Waals surface area contributed by atoms with Gasteiger partial charge < -0.3 is 68.2 Å². The van der Waals surface area contributed by atoms with E-state index in [9.17, 15) is 33.6 Å². The Kier molecular flexibility index (Phi) is 60.2. The average Bonchev–Trinajstić information content (AvgIpc) is 1.62. The van der Waals surface area contributed by atoms with Crippen LogP contribution in [0.25, 0.3) is 0 Å². The lowest BCUT2D eigenvalue weighted by molar-refractivity contribution is -0.940. The van der Waals surface area contributed by atoms with E-state index in [1.54, 1.807) is 9.80 Å². The lowest BCUT2D eigenvalue weighted by atomic mass is 9.96. The first-order valence-corrected chi connectivity index (χ1v) is 57.2. The maximum Gasteiger partial charge on any atom is 0.331 e. The van der Waals surface area contributed by atoms with E-state index in [1.807, 2.05) is 95.4 Å². The van der Waals surface area contributed by atoms with Crippen LogP contribution in [0.5, 0.6) is 0 Å². The zero-order chi connectivity index (χ0) is 103. The molecule has 11 fully saturated rings. The maximum absolute atomic E-state index is 11.8. The summed E-state index contributed by atoms with van der Waals surface area (Å²) >= 11 is 12.3. The molecule has 28 heteroatoms. The topological polar surface area (TPSA) is 311 Å². The highest BCUT2D eigenvalue weighted by Crippen LogP contribution is 2.41. The molecule has 0 spiro atoms. The quantitative estimate of drug-likeness (QED) is 0.0103. The van der Waals surface area contributed by atoms with E-state index in [2.05, 4.69) is 280 Å². The first kappa shape index (κ1) is 124. The van der Waals surface area contributed by atoms with Crippen molar-refractivity contribution in [2.75, 3.05) is 152 Å². The van der Waals surface area contributed by atoms with Gasteiger partial charge in [0.1, 0.15) is 19.1 Å². The second-order valence-electron chi connectivity index (χ2n) is 39.1. The Hall–Kier alpha value is -7.17. The molecule has 19 atom stereocenters. The number of carbonyl (C=O) groups is 7. The van der Waals surface area contributed by atoms with Crippen molar-refractivity contribution in [1.29, 1.82) is 5.26 Å². The summed E-state index contributed by atoms with van der Waals surface area (Å²) in [6.45, 7) is 38.1. The van der Waals surface area contributed by atoms with Crippen molar-refractivity contribution in [3.8, 4) is 6.07 Å². The molecule has 11 saturated heterocycles. The van der Waals surface area contributed by atoms with E-state index >= 15 is 0 Å². The Morgan fingerprint density at radius 2 is 0.901 bits per heavy atom. The molecule has 11 aliphatic rings. The Morgan fingerprint density at radius 1 is 0.511 bits per heavy atom. The van der Waals surface area contributed by atoms with Crippen molar-refractivity contribution in [2.24, 2.45) is 58.8 Å². The fourth-order valence-electron chi connectivity index (χ4n) is 20.9. The Morgan fingerprint density at radius 3 is 1.28 bits per heavy atom. The van der Waals surface area contributed by atoms with E-state index in [0.29, 0.717) is 103 Å². The van der Waals surface area contributed by atoms with Gasteiger partial charge in [0.15, 0.2) is 11.6 Å². The number of halogens is 5. The van der Waals surface area contributed by atoms with Gasteiger partial charge in [0, 0.05) is 156 Å². The molecule has 7 aromatic carbocycles. The van der Waals surface area contributed by atoms with Gasteiger partial charge in [-0.25, -0.2) is 4.79 Å². The van der Waals surface area contributed by atoms with Crippen LogP contribution in [0.3, 0.4) is 0 Å². The van der Waals surface area contributed by atoms with Gasteiger partial charge in [-0.05, 0) is 179 Å². The first-order chi connectivity index (χ1) is 67.4. The monoisotopic (exact) mass is 2320 g/mol. The number of alkyl halides is 4. The summed E-state index contributed by atoms with van der Waals surface area (Å²) < 4.78 is 5.74. The number of hydrogen-bond donors (Lipinski definition) is 8. The van der Waals surface area contributed by atoms with E-state index in [0.717, 1.165) is 112 Å². The second-order valence-corrected chi connectivity index (χ2v) is 39.4. The third kappa shape index (κ3) is 43.0. The third-order valence-corrected chi connectivity index (χ3v) is 29.6. The van der Waals surface area contributed by atoms with Gasteiger partial charge in [0.2, 0.25) is 5.91 Å². The van der Waals surface area contributed by atoms with Crippen LogP contribution in [-0.2, 0) is 38.3 Å². The van der Waals surface area contributed by atoms with Crippen LogP contribution in [-0.4, -0.2) is 249 Å². The minimum absolute atomic E-state index is 0. The van der Waals surface area contributed by atoms with Crippen LogP contribution in [0.1, 0.15) is 220 Å². The number of aliphatic hydroxyl groups is 1. The molecule has 11 aliphatic heterocycles. The number of amides is 1. The zero-order valence-corrected chi connectivity index (χ0v) is 93.4. The molecule has 0 aliphatic carbocycles. The summed E-state index contributed by atoms with van der Waals surface area (Å²) in [6.07, 6.45) is 12.5. The number of Topliss-reactive ketones (excluding diaryl/α,β-unsaturated/α-hetero) is 2. The Balaban J connectivity index is 0.000000277. The SMILES string of the molecule is C=C(CC(=O)O)C(=O)O.CI.CI.CI.COC(=O)C[C@H]1CCN([C@@H](C)c2ccccc2)C1.C[C@@H](c1ccccc1)N1CC[C@H](CC#N)C1.C[C@@H](c1ccccc1)N1CC[C@H](CCl)C1.C[C@@H](c1ccccc1)N1CC[C@H](CO)C1.C[C@@H](c1ccccc1)N1C[C@@H](C(=O)O)CC1=O.C[C@@H](c1ccccc1)[N+]12CC[C@H](CC(=O)C1)C2.C[C@H](N)c1ccccc1.NC1C[C@H]2CC[NH+](C1)C2.O=C1C[C@H]2CC[NH+](C1)C2.[Cl-]. The van der Waals surface area contributed by atoms with Crippen molar-refractivity contribution in [3.63, 3.8) is 0 Å². The molecule has 776 valence electrons. The van der Waals surface area contributed by atoms with Gasteiger partial charge in [-0.2, -0.15) is 5.26 Å². The molecule has 4 unspecified atom stereocenters. The number of nitriles is 1. The second kappa shape index (κ2) is 68.3. The minimum atomic E-state index is -1.27. The predicted molar refractivity (Wildman–Crippen MR) is 590 cm³/mol. The van der Waals surface area contributed by atoms with Crippen LogP contribution in [0.15, 0.2) is 224 Å². The highest BCUT2D eigenvalue weighted by Gasteiger charge is 2.49. The number of benzene rings is 7. The smallest absolute Gasteiger partial charge is 0.331 e. The number of nitrogens with two attached hydrogens (primary N) is 2. The molecular formula is C113H164Cl2I3N11O12+2. The van der Waals surface area contributed by atoms with Gasteiger partial charge in [-0.3, -0.25) is 48.4 Å². The fourth-order valence-corrected chi connectivity index (χ4v) is 21.2. The summed E-state index contributed by atoms with van der Waals surface area (Å²) in [6, 6.07) is 78.1. The molecular weight excluding hydrogens is 2150 g/mol. The largest absolute Gasteiger partial charge is 1.00 e. The lowest BCUT2D eigenvalue weighted by Crippen LogP contribution is -3.12. The van der Waals surface area contributed by atoms with E-state index in [1.165, 1.54) is 136 Å². The van der Waals surface area contributed by atoms with Crippen LogP contribution in [0.2, 0.25) is 0 Å². The van der Waals surface area contributed by atoms with Gasteiger partial charge >= 0.3 is 23.9 Å². The van der Waals surface area contributed by atoms with Gasteiger partial charge in [-0.15, -0.1) is 11.6 Å². The number of carboxylic acid groups (broad SMARTS) is 3. The average molecular weight is 2320 g/mol. The number of carboxylic acids is 3. The van der Waals surface area contributed by atoms with Crippen LogP contribution in [0.4, 0.5) is 0 Å². The van der Waals surface area contributed by atoms with Crippen LogP contribution < -0.4 is 33.7 Å². The number of likely N-dealkylation sites (tertiary alicyclic amines) is 5. The number of carbonyl (C=O) groups excluding carboxylic acids is 4. The van der Waals surface area contributed by atoms with Crippen LogP contribution in [0, 0.1) is 58.7 Å². The summed E-state index contributed by atoms with van der Waals surface area (Å²) in [5.74, 6) is 2.29. The summed E-state index contributed by atoms with van der Waals surface area (Å²) in [5, 5.41) is 42.8. The molecule has 7 aromatic rings. The molecule has 6 bridgehead atoms. The number of quaternary nitrogens is 3. The van der Waals surface area contributed by atoms with Crippen molar-refractivity contribution < 1.29 is 85.4 Å². The maximum atomic E-state index is 11.8. The number of fused-ring (bicyclic) bond motifs is 6. The van der Waals surface area contributed by atoms with E-state index in [4.69, 9.17) is 53.5 Å². The number of aliphatic hydroxyl groups excluding tert-OH is 1. The highest BCUT2D eigenvalue weighted by molar-refractivity contribution is 14.1. The third-order valence-electron chi connectivity index (χ3n) is 29.2. The standard InChI is InChI=1S/C15H21NO2.C15H20NO.C14H18N2.C13H18ClN.C13H15NO3.C13H19NO.C8H11N.C7H14N2.C7H11NO.C5H6O4.3CH3I.ClH/c1-12(14-6-4-3-5-7-14)16-9-8-13(11-16)10-15(17)18-2;1-12(14-5-3-2-4-6-14)16-8-7-13(10-16)9-15(17)11-16;1-12(14-5-3-2-4-6-14)16-10-8-13(11-16)7-9-15;1-11(13-5-3-2-4-6-13)15-8-7-12(9-14)10-15;1-9(10-5-3-2-4-6-10)14-8-11(13(16)17)7-12(14)15;1-11(13-5-3-2-4-6-13)14-8-7-12(9-14)10-15;1-7(9)8-5-3-2-4-6-8;8-7-3-6-1-2-9(4-6)5-7;9-7-3-6-1-2-8(4-6)5-7;1-3(5(8)9)2-4(6)7;3*1-2;/h3-7,12-13H,8-11H2,1-2H3;2-6,12-13H,7-11H2,1H3;2-6,12-13H,7-8,10-11H2,1H3;2-6,11-12H,7-10H2,1H3;2-6,9,11H,7-8H2,1H3,(H,16,17);2-6,11-12,15H,7-10H2,1H3;2-7H,9H2,1H3;6-7H,1-5,8H2;6H,1-5H2;1-2H2,(H,6,7)(H,8,9);3*1H3;1H/q;+1;;;;;;;;;;;;/p+1/t12-,13+;12-,13+,16?;12-,13-;11-,12+;9-,11-;11-,12-;7-;6-,7?;6-;;;;;/m000000011...../s1. The molecule has 1 amide bonds. The zero-order valence-electron chi connectivity index (χ0n) is 85.4. The number of ketones is 2. The number of rotatable bonds is 22. The summed E-state index contributed by atoms with van der Waals surface area (Å²) in [7, 11) is 1.46. The van der Waals surface area contributed by atoms with Crippen LogP contribution >= 0.6 is 79.4 Å². The molecule has 18 rings (SSSR count). The Bertz CT molecular complexity index is 4660. The number of hydrogen-bond acceptors (Lipinski definition) is 16. The first-order valence-electron chi connectivity index (χ1n) is 50.2. The van der Waals surface area contributed by atoms with Crippen molar-refractivity contribution in [2.45, 2.75) is 187 Å².